The van der Waals surface area contributed by atoms with Crippen molar-refractivity contribution in [3.05, 3.63) is 72.1 Å². The second-order valence-electron chi connectivity index (χ2n) is 6.09. The van der Waals surface area contributed by atoms with Gasteiger partial charge >= 0.3 is 0 Å². The van der Waals surface area contributed by atoms with Crippen LogP contribution in [0, 0.1) is 0 Å². The molecular weight excluding hydrogens is 342 g/mol. The highest BCUT2D eigenvalue weighted by molar-refractivity contribution is 5.94. The Kier molecular flexibility index (Phi) is 5.76. The van der Waals surface area contributed by atoms with E-state index in [9.17, 15) is 4.79 Å². The second kappa shape index (κ2) is 8.40. The summed E-state index contributed by atoms with van der Waals surface area (Å²) >= 11 is 0. The molecule has 6 nitrogen and oxygen atoms in total. The van der Waals surface area contributed by atoms with Crippen molar-refractivity contribution in [2.45, 2.75) is 13.5 Å². The van der Waals surface area contributed by atoms with Crippen LogP contribution in [0.2, 0.25) is 0 Å². The Morgan fingerprint density at radius 2 is 1.93 bits per heavy atom. The number of hydrogen-bond donors (Lipinski definition) is 0. The van der Waals surface area contributed by atoms with Gasteiger partial charge in [-0.05, 0) is 37.3 Å². The summed E-state index contributed by atoms with van der Waals surface area (Å²) in [5.41, 5.74) is 2.48. The molecule has 1 aromatic heterocycles. The first-order valence-corrected chi connectivity index (χ1v) is 8.77. The Morgan fingerprint density at radius 3 is 2.63 bits per heavy atom. The molecule has 0 saturated heterocycles. The molecule has 2 aromatic carbocycles. The molecule has 0 saturated carbocycles. The number of methoxy groups -OCH3 is 1. The zero-order valence-electron chi connectivity index (χ0n) is 15.8. The van der Waals surface area contributed by atoms with Crippen LogP contribution >= 0.6 is 0 Å². The maximum atomic E-state index is 12.8. The third kappa shape index (κ3) is 4.28. The van der Waals surface area contributed by atoms with Crippen LogP contribution in [0.25, 0.3) is 5.69 Å². The minimum Gasteiger partial charge on any atom is -0.493 e. The standard InChI is InChI=1S/C21H23N3O3/c1-4-27-19-11-10-17(12-20(19)26-3)21(25)23(2)14-16-13-22-24(15-16)18-8-6-5-7-9-18/h5-13,15H,4,14H2,1-3H3. The molecule has 0 fully saturated rings. The number of carbonyl (C=O) groups excluding carboxylic acids is 1. The predicted octanol–water partition coefficient (Wildman–Crippen LogP) is 3.55. The Labute approximate surface area is 158 Å². The lowest BCUT2D eigenvalue weighted by Gasteiger charge is -2.17. The molecule has 3 aromatic rings. The summed E-state index contributed by atoms with van der Waals surface area (Å²) in [5, 5.41) is 4.37. The summed E-state index contributed by atoms with van der Waals surface area (Å²) in [6, 6.07) is 15.1. The van der Waals surface area contributed by atoms with E-state index in [0.29, 0.717) is 30.2 Å². The molecule has 0 N–H and O–H groups in total. The van der Waals surface area contributed by atoms with E-state index in [1.165, 1.54) is 0 Å². The summed E-state index contributed by atoms with van der Waals surface area (Å²) in [4.78, 5) is 14.4. The monoisotopic (exact) mass is 365 g/mol. The quantitative estimate of drug-likeness (QED) is 0.642. The van der Waals surface area contributed by atoms with E-state index in [1.54, 1.807) is 48.1 Å². The van der Waals surface area contributed by atoms with Gasteiger partial charge in [0.15, 0.2) is 11.5 Å². The van der Waals surface area contributed by atoms with E-state index in [1.807, 2.05) is 43.5 Å². The minimum atomic E-state index is -0.0937. The van der Waals surface area contributed by atoms with Crippen LogP contribution in [0.1, 0.15) is 22.8 Å². The van der Waals surface area contributed by atoms with E-state index in [0.717, 1.165) is 11.3 Å². The molecule has 0 aliphatic heterocycles. The first kappa shape index (κ1) is 18.5. The second-order valence-corrected chi connectivity index (χ2v) is 6.09. The third-order valence-corrected chi connectivity index (χ3v) is 4.13. The predicted molar refractivity (Wildman–Crippen MR) is 104 cm³/mol. The van der Waals surface area contributed by atoms with Gasteiger partial charge in [-0.15, -0.1) is 0 Å². The van der Waals surface area contributed by atoms with E-state index in [4.69, 9.17) is 9.47 Å². The fraction of sp³-hybridized carbons (Fsp3) is 0.238. The normalized spacial score (nSPS) is 10.5. The van der Waals surface area contributed by atoms with Crippen molar-refractivity contribution in [1.29, 1.82) is 0 Å². The van der Waals surface area contributed by atoms with Gasteiger partial charge in [0.1, 0.15) is 0 Å². The fourth-order valence-electron chi connectivity index (χ4n) is 2.81. The first-order valence-electron chi connectivity index (χ1n) is 8.77. The van der Waals surface area contributed by atoms with Crippen LogP contribution in [0.15, 0.2) is 60.9 Å². The maximum absolute atomic E-state index is 12.8. The van der Waals surface area contributed by atoms with Gasteiger partial charge in [-0.3, -0.25) is 4.79 Å². The summed E-state index contributed by atoms with van der Waals surface area (Å²) in [5.74, 6) is 1.08. The zero-order chi connectivity index (χ0) is 19.2. The van der Waals surface area contributed by atoms with Gasteiger partial charge < -0.3 is 14.4 Å². The first-order chi connectivity index (χ1) is 13.1. The average molecular weight is 365 g/mol. The van der Waals surface area contributed by atoms with E-state index < -0.39 is 0 Å². The highest BCUT2D eigenvalue weighted by Gasteiger charge is 2.16. The minimum absolute atomic E-state index is 0.0937. The molecule has 0 radical (unpaired) electrons. The van der Waals surface area contributed by atoms with Gasteiger partial charge in [-0.2, -0.15) is 5.10 Å². The van der Waals surface area contributed by atoms with Crippen LogP contribution < -0.4 is 9.47 Å². The van der Waals surface area contributed by atoms with Crippen molar-refractivity contribution in [1.82, 2.24) is 14.7 Å². The van der Waals surface area contributed by atoms with Crippen LogP contribution in [-0.4, -0.2) is 41.4 Å². The zero-order valence-corrected chi connectivity index (χ0v) is 15.8. The molecule has 0 aliphatic rings. The Balaban J connectivity index is 1.72. The lowest BCUT2D eigenvalue weighted by Crippen LogP contribution is -2.26. The van der Waals surface area contributed by atoms with Crippen molar-refractivity contribution in [2.24, 2.45) is 0 Å². The van der Waals surface area contributed by atoms with Gasteiger partial charge in [0.05, 0.1) is 25.6 Å². The number of rotatable bonds is 7. The molecule has 0 spiro atoms. The molecule has 0 bridgehead atoms. The lowest BCUT2D eigenvalue weighted by molar-refractivity contribution is 0.0784. The molecule has 0 unspecified atom stereocenters. The number of para-hydroxylation sites is 1. The summed E-state index contributed by atoms with van der Waals surface area (Å²) in [6.07, 6.45) is 3.70. The van der Waals surface area contributed by atoms with Crippen LogP contribution in [0.5, 0.6) is 11.5 Å². The fourth-order valence-corrected chi connectivity index (χ4v) is 2.81. The third-order valence-electron chi connectivity index (χ3n) is 4.13. The molecule has 0 atom stereocenters. The van der Waals surface area contributed by atoms with Crippen molar-refractivity contribution in [3.63, 3.8) is 0 Å². The van der Waals surface area contributed by atoms with Gasteiger partial charge in [-0.1, -0.05) is 18.2 Å². The summed E-state index contributed by atoms with van der Waals surface area (Å²) < 4.78 is 12.6. The highest BCUT2D eigenvalue weighted by atomic mass is 16.5. The molecule has 140 valence electrons. The van der Waals surface area contributed by atoms with Gasteiger partial charge in [-0.25, -0.2) is 4.68 Å². The molecule has 6 heteroatoms. The average Bonchev–Trinajstić information content (AvgIpc) is 3.17. The number of aromatic nitrogens is 2. The van der Waals surface area contributed by atoms with Crippen molar-refractivity contribution in [3.8, 4) is 17.2 Å². The van der Waals surface area contributed by atoms with Crippen molar-refractivity contribution >= 4 is 5.91 Å². The smallest absolute Gasteiger partial charge is 0.254 e. The Morgan fingerprint density at radius 1 is 1.15 bits per heavy atom. The van der Waals surface area contributed by atoms with Crippen LogP contribution in [-0.2, 0) is 6.54 Å². The topological polar surface area (TPSA) is 56.6 Å². The number of hydrogen-bond acceptors (Lipinski definition) is 4. The van der Waals surface area contributed by atoms with Gasteiger partial charge in [0, 0.05) is 30.9 Å². The number of carbonyl (C=O) groups is 1. The lowest BCUT2D eigenvalue weighted by atomic mass is 10.1. The van der Waals surface area contributed by atoms with Crippen molar-refractivity contribution < 1.29 is 14.3 Å². The van der Waals surface area contributed by atoms with Crippen LogP contribution in [0.3, 0.4) is 0 Å². The molecular formula is C21H23N3O3. The van der Waals surface area contributed by atoms with Crippen molar-refractivity contribution in [2.75, 3.05) is 20.8 Å². The molecule has 27 heavy (non-hydrogen) atoms. The molecule has 1 amide bonds. The maximum Gasteiger partial charge on any atom is 0.254 e. The summed E-state index contributed by atoms with van der Waals surface area (Å²) in [7, 11) is 3.33. The van der Waals surface area contributed by atoms with E-state index in [-0.39, 0.29) is 5.91 Å². The SMILES string of the molecule is CCOc1ccc(C(=O)N(C)Cc2cnn(-c3ccccc3)c2)cc1OC. The van der Waals surface area contributed by atoms with E-state index >= 15 is 0 Å². The van der Waals surface area contributed by atoms with Gasteiger partial charge in [0.2, 0.25) is 0 Å². The number of amides is 1. The molecule has 0 aliphatic carbocycles. The largest absolute Gasteiger partial charge is 0.493 e. The molecule has 1 heterocycles. The Hall–Kier alpha value is -3.28. The Bertz CT molecular complexity index is 906. The van der Waals surface area contributed by atoms with E-state index in [2.05, 4.69) is 5.10 Å². The highest BCUT2D eigenvalue weighted by Crippen LogP contribution is 2.28. The summed E-state index contributed by atoms with van der Waals surface area (Å²) in [6.45, 7) is 2.90. The number of nitrogens with zero attached hydrogens (tertiary/aromatic N) is 3. The molecule has 3 rings (SSSR count). The number of ether oxygens (including phenoxy) is 2. The van der Waals surface area contributed by atoms with Crippen LogP contribution in [0.4, 0.5) is 0 Å². The van der Waals surface area contributed by atoms with Gasteiger partial charge in [0.25, 0.3) is 5.91 Å². The number of benzene rings is 2.